The van der Waals surface area contributed by atoms with E-state index in [9.17, 15) is 0 Å². The highest BCUT2D eigenvalue weighted by Crippen LogP contribution is 2.26. The normalized spacial score (nSPS) is 15.2. The van der Waals surface area contributed by atoms with Crippen LogP contribution in [0.4, 0.5) is 5.69 Å². The second kappa shape index (κ2) is 10.6. The molecule has 5 nitrogen and oxygen atoms in total. The molecule has 25 heavy (non-hydrogen) atoms. The third kappa shape index (κ3) is 5.87. The van der Waals surface area contributed by atoms with Crippen LogP contribution in [0.2, 0.25) is 0 Å². The van der Waals surface area contributed by atoms with Crippen LogP contribution >= 0.6 is 36.2 Å². The Hall–Kier alpha value is -1.31. The molecular formula is C17H23Cl2N3O2S. The van der Waals surface area contributed by atoms with E-state index >= 15 is 0 Å². The summed E-state index contributed by atoms with van der Waals surface area (Å²) in [4.78, 5) is 6.89. The first-order valence-electron chi connectivity index (χ1n) is 7.60. The van der Waals surface area contributed by atoms with Gasteiger partial charge in [0.15, 0.2) is 0 Å². The molecule has 0 radical (unpaired) electrons. The standard InChI is InChI=1S/C17H21N3O2S.2ClH/c1-21-16-3-2-15(19-17(18)13-4-9-23-12-13)10-14(16)11-20-5-7-22-8-6-20;;/h2-4,9-10,12H,5-8,11H2,1H3,(H2,18,19);2*1H. The van der Waals surface area contributed by atoms with E-state index in [4.69, 9.17) is 15.2 Å². The number of halogens is 2. The zero-order valence-electron chi connectivity index (χ0n) is 14.0. The molecule has 1 saturated heterocycles. The number of amidine groups is 1. The monoisotopic (exact) mass is 403 g/mol. The Bertz CT molecular complexity index is 675. The maximum Gasteiger partial charge on any atom is 0.132 e. The van der Waals surface area contributed by atoms with E-state index in [1.807, 2.05) is 35.0 Å². The molecule has 8 heteroatoms. The van der Waals surface area contributed by atoms with Crippen LogP contribution in [0.15, 0.2) is 40.0 Å². The summed E-state index contributed by atoms with van der Waals surface area (Å²) in [7, 11) is 1.70. The van der Waals surface area contributed by atoms with Gasteiger partial charge in [0, 0.05) is 36.1 Å². The number of morpholine rings is 1. The van der Waals surface area contributed by atoms with Gasteiger partial charge in [-0.1, -0.05) is 0 Å². The molecule has 1 aliphatic heterocycles. The fourth-order valence-corrected chi connectivity index (χ4v) is 3.22. The number of nitrogens with zero attached hydrogens (tertiary/aromatic N) is 2. The molecule has 2 heterocycles. The quantitative estimate of drug-likeness (QED) is 0.613. The highest BCUT2D eigenvalue weighted by molar-refractivity contribution is 7.08. The molecule has 1 aromatic carbocycles. The van der Waals surface area contributed by atoms with Crippen molar-refractivity contribution in [1.82, 2.24) is 4.90 Å². The summed E-state index contributed by atoms with van der Waals surface area (Å²) < 4.78 is 10.9. The van der Waals surface area contributed by atoms with Gasteiger partial charge >= 0.3 is 0 Å². The van der Waals surface area contributed by atoms with E-state index in [-0.39, 0.29) is 24.8 Å². The lowest BCUT2D eigenvalue weighted by Crippen LogP contribution is -2.35. The predicted octanol–water partition coefficient (Wildman–Crippen LogP) is 3.47. The number of rotatable bonds is 5. The number of methoxy groups -OCH3 is 1. The summed E-state index contributed by atoms with van der Waals surface area (Å²) in [5, 5.41) is 3.99. The Morgan fingerprint density at radius 3 is 2.68 bits per heavy atom. The topological polar surface area (TPSA) is 60.1 Å². The molecule has 0 unspecified atom stereocenters. The summed E-state index contributed by atoms with van der Waals surface area (Å²) in [6.45, 7) is 4.27. The van der Waals surface area contributed by atoms with E-state index in [1.165, 1.54) is 0 Å². The minimum absolute atomic E-state index is 0. The first-order chi connectivity index (χ1) is 11.3. The van der Waals surface area contributed by atoms with Gasteiger partial charge in [-0.15, -0.1) is 24.8 Å². The zero-order chi connectivity index (χ0) is 16.1. The van der Waals surface area contributed by atoms with Gasteiger partial charge in [0.2, 0.25) is 0 Å². The van der Waals surface area contributed by atoms with Gasteiger partial charge in [-0.2, -0.15) is 11.3 Å². The number of hydrogen-bond donors (Lipinski definition) is 1. The van der Waals surface area contributed by atoms with Crippen molar-refractivity contribution in [2.45, 2.75) is 6.54 Å². The van der Waals surface area contributed by atoms with Crippen molar-refractivity contribution in [1.29, 1.82) is 0 Å². The van der Waals surface area contributed by atoms with Crippen LogP contribution in [0.3, 0.4) is 0 Å². The van der Waals surface area contributed by atoms with Crippen molar-refractivity contribution in [3.8, 4) is 5.75 Å². The molecule has 0 spiro atoms. The van der Waals surface area contributed by atoms with Gasteiger partial charge < -0.3 is 15.2 Å². The summed E-state index contributed by atoms with van der Waals surface area (Å²) in [6, 6.07) is 7.91. The third-order valence-electron chi connectivity index (χ3n) is 3.83. The number of nitrogens with two attached hydrogens (primary N) is 1. The molecule has 0 bridgehead atoms. The van der Waals surface area contributed by atoms with Crippen LogP contribution in [0.1, 0.15) is 11.1 Å². The fraction of sp³-hybridized carbons (Fsp3) is 0.353. The molecule has 138 valence electrons. The van der Waals surface area contributed by atoms with E-state index in [2.05, 4.69) is 9.89 Å². The highest BCUT2D eigenvalue weighted by atomic mass is 35.5. The smallest absolute Gasteiger partial charge is 0.132 e. The summed E-state index contributed by atoms with van der Waals surface area (Å²) >= 11 is 1.61. The van der Waals surface area contributed by atoms with Crippen molar-refractivity contribution < 1.29 is 9.47 Å². The first-order valence-corrected chi connectivity index (χ1v) is 8.54. The van der Waals surface area contributed by atoms with E-state index in [0.717, 1.165) is 55.4 Å². The fourth-order valence-electron chi connectivity index (χ4n) is 2.57. The average molecular weight is 404 g/mol. The second-order valence-corrected chi connectivity index (χ2v) is 6.17. The molecule has 0 saturated carbocycles. The Labute approximate surface area is 164 Å². The molecular weight excluding hydrogens is 381 g/mol. The SMILES string of the molecule is COc1ccc(N=C(N)c2ccsc2)cc1CN1CCOCC1.Cl.Cl. The van der Waals surface area contributed by atoms with Gasteiger partial charge in [-0.05, 0) is 29.6 Å². The molecule has 0 atom stereocenters. The Balaban J connectivity index is 0.00000156. The van der Waals surface area contributed by atoms with Crippen molar-refractivity contribution in [3.63, 3.8) is 0 Å². The third-order valence-corrected chi connectivity index (χ3v) is 4.51. The summed E-state index contributed by atoms with van der Waals surface area (Å²) in [5.41, 5.74) is 9.00. The second-order valence-electron chi connectivity index (χ2n) is 5.39. The van der Waals surface area contributed by atoms with Gasteiger partial charge in [0.25, 0.3) is 0 Å². The minimum atomic E-state index is 0. The molecule has 3 rings (SSSR count). The lowest BCUT2D eigenvalue weighted by molar-refractivity contribution is 0.0339. The first kappa shape index (κ1) is 21.7. The Morgan fingerprint density at radius 2 is 2.04 bits per heavy atom. The minimum Gasteiger partial charge on any atom is -0.496 e. The van der Waals surface area contributed by atoms with Crippen molar-refractivity contribution in [2.75, 3.05) is 33.4 Å². The van der Waals surface area contributed by atoms with Crippen LogP contribution in [-0.4, -0.2) is 44.1 Å². The van der Waals surface area contributed by atoms with Crippen LogP contribution in [0.25, 0.3) is 0 Å². The highest BCUT2D eigenvalue weighted by Gasteiger charge is 2.14. The van der Waals surface area contributed by atoms with Crippen LogP contribution in [0, 0.1) is 0 Å². The Morgan fingerprint density at radius 1 is 1.28 bits per heavy atom. The van der Waals surface area contributed by atoms with E-state index in [0.29, 0.717) is 5.84 Å². The van der Waals surface area contributed by atoms with E-state index < -0.39 is 0 Å². The molecule has 2 aromatic rings. The lowest BCUT2D eigenvalue weighted by Gasteiger charge is -2.27. The number of hydrogen-bond acceptors (Lipinski definition) is 5. The number of benzene rings is 1. The molecule has 0 amide bonds. The number of aliphatic imine (C=N–C) groups is 1. The molecule has 2 N–H and O–H groups in total. The predicted molar refractivity (Wildman–Crippen MR) is 108 cm³/mol. The number of ether oxygens (including phenoxy) is 2. The van der Waals surface area contributed by atoms with Crippen LogP contribution < -0.4 is 10.5 Å². The van der Waals surface area contributed by atoms with Gasteiger partial charge in [-0.25, -0.2) is 4.99 Å². The molecule has 1 aliphatic rings. The van der Waals surface area contributed by atoms with Crippen LogP contribution in [0.5, 0.6) is 5.75 Å². The maximum atomic E-state index is 6.07. The van der Waals surface area contributed by atoms with Crippen molar-refractivity contribution >= 4 is 47.7 Å². The zero-order valence-corrected chi connectivity index (χ0v) is 16.5. The van der Waals surface area contributed by atoms with Gasteiger partial charge in [0.1, 0.15) is 11.6 Å². The molecule has 1 aromatic heterocycles. The van der Waals surface area contributed by atoms with Crippen molar-refractivity contribution in [3.05, 3.63) is 46.2 Å². The van der Waals surface area contributed by atoms with Crippen LogP contribution in [-0.2, 0) is 11.3 Å². The summed E-state index contributed by atoms with van der Waals surface area (Å²) in [5.74, 6) is 1.42. The number of thiophene rings is 1. The Kier molecular flexibility index (Phi) is 9.24. The average Bonchev–Trinajstić information content (AvgIpc) is 3.11. The van der Waals surface area contributed by atoms with Gasteiger partial charge in [-0.3, -0.25) is 4.90 Å². The molecule has 0 aliphatic carbocycles. The maximum absolute atomic E-state index is 6.07. The molecule has 1 fully saturated rings. The van der Waals surface area contributed by atoms with Crippen molar-refractivity contribution in [2.24, 2.45) is 10.7 Å². The largest absolute Gasteiger partial charge is 0.496 e. The van der Waals surface area contributed by atoms with E-state index in [1.54, 1.807) is 18.4 Å². The van der Waals surface area contributed by atoms with Gasteiger partial charge in [0.05, 0.1) is 26.0 Å². The summed E-state index contributed by atoms with van der Waals surface area (Å²) in [6.07, 6.45) is 0. The lowest BCUT2D eigenvalue weighted by atomic mass is 10.1.